The minimum Gasteiger partial charge on any atom is -0.492 e. The van der Waals surface area contributed by atoms with Gasteiger partial charge in [0.2, 0.25) is 0 Å². The van der Waals surface area contributed by atoms with Gasteiger partial charge in [0.25, 0.3) is 0 Å². The Morgan fingerprint density at radius 2 is 0.746 bits per heavy atom. The fourth-order valence-corrected chi connectivity index (χ4v) is 21.3. The van der Waals surface area contributed by atoms with Crippen LogP contribution in [0.5, 0.6) is 5.75 Å². The van der Waals surface area contributed by atoms with Crippen LogP contribution in [0.2, 0.25) is 0 Å². The second kappa shape index (κ2) is 45.8. The Kier molecular flexibility index (Phi) is 34.6. The third kappa shape index (κ3) is 27.3. The highest BCUT2D eigenvalue weighted by atomic mass is 32.2. The van der Waals surface area contributed by atoms with Gasteiger partial charge in [-0.25, -0.2) is 97.3 Å². The van der Waals surface area contributed by atoms with E-state index in [2.05, 4.69) is 74.8 Å². The quantitative estimate of drug-likeness (QED) is 0.0353. The van der Waals surface area contributed by atoms with Crippen molar-refractivity contribution < 1.29 is 83.1 Å². The molecule has 1 amide bonds. The number of piperazine rings is 1. The SMILES string of the molecule is CCCS(=O)(=O)Cc1ccc(F)c(-n2cc(-c3cccc(-n4cc(C)nc4C)c3)nn2)c1F.CCCS(=O)(=O)Cc1ccc(F)c(-n2cc(-c3cccc(N4CCCCC4)c3)nn2)c1F.CCCS(=O)(=O)Cc1ccc(F)c(-n2cc(-c3cccc(N4CCN(C(=O)OC(C)(C)C)CC4)c3)nn2)c1F.CCCS(=O)(=O)Cc1ccc(F)c(-n2cc(-c3cccc(OCCN(C)C(C)C)c3)nn2)c1F. The van der Waals surface area contributed by atoms with Crippen LogP contribution in [0.3, 0.4) is 0 Å². The van der Waals surface area contributed by atoms with E-state index in [1.54, 1.807) is 50.8 Å². The van der Waals surface area contributed by atoms with E-state index in [0.29, 0.717) is 110 Å². The fraction of sp³-hybridized carbons (Fsp3) is 0.381. The van der Waals surface area contributed by atoms with Gasteiger partial charge in [-0.15, -0.1) is 20.4 Å². The summed E-state index contributed by atoms with van der Waals surface area (Å²) in [6, 6.07) is 39.2. The average Bonchev–Trinajstić information content (AvgIpc) is 1.61. The second-order valence-electron chi connectivity index (χ2n) is 34.9. The van der Waals surface area contributed by atoms with Crippen LogP contribution in [0.4, 0.5) is 51.3 Å². The summed E-state index contributed by atoms with van der Waals surface area (Å²) in [5.41, 5.74) is 5.46. The standard InChI is InChI=1S/C27H33F2N5O4S.C24H30F2N4O3S.C23H23F2N5O2S.C23H26F2N4O2S/c1-5-15-39(36,37)18-20-9-10-22(28)25(24(20)29)34-17-23(30-31-34)19-7-6-8-21(16-19)32-11-13-33(14-12-32)26(35)38-27(2,3)4;1-5-13-34(31,32)16-19-9-10-21(25)24(23(19)26)30-15-22(27-28-30)18-7-6-8-20(14-18)33-12-11-29(4)17(2)3;1-4-10-33(31,32)14-18-8-9-20(24)23(22(18)25)30-13-21(27-28-30)17-6-5-7-19(11-17)29-12-15(2)26-16(29)3;1-2-13-32(30,31)16-18-9-10-20(24)23(22(18)25)29-15-21(26-27-29)17-7-6-8-19(14-17)28-11-4-3-5-12-28/h6-10,16-17H,5,11-15,18H2,1-4H3;6-10,14-15,17H,5,11-13,16H2,1-4H3;5-9,11-13H,4,10,14H2,1-3H3;6-10,14-15H,2-5,11-13,16H2,1H3. The number of hydrogen-bond donors (Lipinski definition) is 0. The summed E-state index contributed by atoms with van der Waals surface area (Å²) in [4.78, 5) is 25.1. The van der Waals surface area contributed by atoms with Crippen molar-refractivity contribution >= 4 is 56.8 Å². The van der Waals surface area contributed by atoms with E-state index < -0.39 is 137 Å². The zero-order chi connectivity index (χ0) is 99.7. The molecule has 0 radical (unpaired) electrons. The third-order valence-corrected chi connectivity index (χ3v) is 29.6. The highest BCUT2D eigenvalue weighted by molar-refractivity contribution is 7.91. The number of rotatable bonds is 32. The van der Waals surface area contributed by atoms with E-state index in [4.69, 9.17) is 9.47 Å². The maximum atomic E-state index is 15.3. The maximum Gasteiger partial charge on any atom is 0.410 e. The summed E-state index contributed by atoms with van der Waals surface area (Å²) >= 11 is 0. The van der Waals surface area contributed by atoms with Crippen LogP contribution in [0.1, 0.15) is 141 Å². The lowest BCUT2D eigenvalue weighted by Crippen LogP contribution is -2.50. The lowest BCUT2D eigenvalue weighted by molar-refractivity contribution is 0.0240. The lowest BCUT2D eigenvalue weighted by Gasteiger charge is -2.36. The van der Waals surface area contributed by atoms with E-state index >= 15 is 17.6 Å². The fourth-order valence-electron chi connectivity index (χ4n) is 15.5. The average molecular weight is 1990 g/mol. The van der Waals surface area contributed by atoms with Crippen molar-refractivity contribution in [2.75, 3.05) is 92.3 Å². The van der Waals surface area contributed by atoms with Gasteiger partial charge in [-0.1, -0.05) is 121 Å². The van der Waals surface area contributed by atoms with Crippen molar-refractivity contribution in [3.8, 4) is 79.2 Å². The minimum absolute atomic E-state index is 0.0556. The van der Waals surface area contributed by atoms with Gasteiger partial charge in [0.1, 0.15) is 69.3 Å². The van der Waals surface area contributed by atoms with E-state index in [-0.39, 0.29) is 51.4 Å². The monoisotopic (exact) mass is 1980 g/mol. The Bertz CT molecular complexity index is 6940. The number of aromatic nitrogens is 14. The predicted molar refractivity (Wildman–Crippen MR) is 514 cm³/mol. The number of carbonyl (C=O) groups is 1. The Morgan fingerprint density at radius 3 is 1.07 bits per heavy atom. The molecule has 2 aliphatic heterocycles. The molecule has 2 saturated heterocycles. The van der Waals surface area contributed by atoms with E-state index in [9.17, 15) is 56.0 Å². The van der Waals surface area contributed by atoms with Gasteiger partial charge in [-0.05, 0) is 173 Å². The van der Waals surface area contributed by atoms with E-state index in [0.717, 1.165) is 128 Å². The largest absolute Gasteiger partial charge is 0.492 e. The summed E-state index contributed by atoms with van der Waals surface area (Å²) in [7, 11) is -12.0. The van der Waals surface area contributed by atoms with E-state index in [1.807, 2.05) is 131 Å². The molecule has 0 unspecified atom stereocenters. The van der Waals surface area contributed by atoms with Gasteiger partial charge < -0.3 is 33.6 Å². The van der Waals surface area contributed by atoms with Crippen LogP contribution in [0.25, 0.3) is 73.5 Å². The van der Waals surface area contributed by atoms with Gasteiger partial charge in [0, 0.05) is 120 Å². The van der Waals surface area contributed by atoms with Gasteiger partial charge >= 0.3 is 6.09 Å². The number of ether oxygens (including phenoxy) is 2. The number of amides is 1. The number of piperidine rings is 1. The maximum absolute atomic E-state index is 15.3. The first-order valence-electron chi connectivity index (χ1n) is 45.2. The number of likely N-dealkylation sites (N-methyl/N-ethyl adjacent to an activating group) is 1. The molecule has 2 fully saturated rings. The van der Waals surface area contributed by atoms with E-state index in [1.165, 1.54) is 37.3 Å². The van der Waals surface area contributed by atoms with Crippen molar-refractivity contribution in [2.24, 2.45) is 0 Å². The summed E-state index contributed by atoms with van der Waals surface area (Å²) < 4.78 is 233. The predicted octanol–water partition coefficient (Wildman–Crippen LogP) is 17.7. The zero-order valence-electron chi connectivity index (χ0n) is 78.8. The molecule has 8 aromatic carbocycles. The highest BCUT2D eigenvalue weighted by Crippen LogP contribution is 2.35. The molecule has 0 atom stereocenters. The Morgan fingerprint density at radius 1 is 0.420 bits per heavy atom. The number of benzene rings is 8. The molecule has 41 heteroatoms. The molecule has 0 N–H and O–H groups in total. The molecule has 0 spiro atoms. The summed E-state index contributed by atoms with van der Waals surface area (Å²) in [5, 5.41) is 32.0. The molecule has 13 aromatic rings. The van der Waals surface area contributed by atoms with Crippen molar-refractivity contribution in [2.45, 2.75) is 156 Å². The molecular formula is C97H112F8N18O11S4. The molecule has 736 valence electrons. The number of sulfone groups is 4. The Labute approximate surface area is 798 Å². The third-order valence-electron chi connectivity index (χ3n) is 22.5. The van der Waals surface area contributed by atoms with Crippen LogP contribution >= 0.6 is 0 Å². The number of carbonyl (C=O) groups excluding carboxylic acids is 1. The van der Waals surface area contributed by atoms with Crippen LogP contribution in [0, 0.1) is 60.4 Å². The van der Waals surface area contributed by atoms with Crippen LogP contribution in [0.15, 0.2) is 177 Å². The van der Waals surface area contributed by atoms with Crippen molar-refractivity contribution in [1.82, 2.24) is 79.3 Å². The van der Waals surface area contributed by atoms with Crippen LogP contribution in [-0.4, -0.2) is 213 Å². The molecule has 0 aliphatic carbocycles. The van der Waals surface area contributed by atoms with Gasteiger partial charge in [-0.2, -0.15) is 0 Å². The molecule has 0 bridgehead atoms. The Balaban J connectivity index is 0.000000165. The van der Waals surface area contributed by atoms with Gasteiger partial charge in [-0.3, -0.25) is 0 Å². The van der Waals surface area contributed by atoms with Crippen molar-refractivity contribution in [3.63, 3.8) is 0 Å². The normalized spacial score (nSPS) is 13.3. The molecule has 15 rings (SSSR count). The van der Waals surface area contributed by atoms with Gasteiger partial charge in [0.15, 0.2) is 85.9 Å². The number of hydrogen-bond acceptors (Lipinski definition) is 23. The van der Waals surface area contributed by atoms with Crippen LogP contribution in [-0.2, 0) is 67.1 Å². The lowest BCUT2D eigenvalue weighted by atomic mass is 10.1. The molecular weight excluding hydrogens is 1870 g/mol. The smallest absolute Gasteiger partial charge is 0.410 e. The summed E-state index contributed by atoms with van der Waals surface area (Å²) in [5.74, 6) is -8.14. The minimum atomic E-state index is -3.53. The molecule has 0 saturated carbocycles. The molecule has 138 heavy (non-hydrogen) atoms. The molecule has 2 aliphatic rings. The first-order valence-corrected chi connectivity index (χ1v) is 52.5. The topological polar surface area (TPSA) is 326 Å². The van der Waals surface area contributed by atoms with Crippen molar-refractivity contribution in [3.05, 3.63) is 257 Å². The Hall–Kier alpha value is -12.6. The van der Waals surface area contributed by atoms with Crippen LogP contribution < -0.4 is 14.5 Å². The summed E-state index contributed by atoms with van der Waals surface area (Å²) in [6.07, 6.45) is 12.5. The van der Waals surface area contributed by atoms with Crippen molar-refractivity contribution in [1.29, 1.82) is 0 Å². The second-order valence-corrected chi connectivity index (χ2v) is 43.7. The molecule has 7 heterocycles. The molecule has 29 nitrogen and oxygen atoms in total. The summed E-state index contributed by atoms with van der Waals surface area (Å²) in [6.45, 7) is 26.0. The number of halogens is 8. The highest BCUT2D eigenvalue weighted by Gasteiger charge is 2.31. The first kappa shape index (κ1) is 104. The number of anilines is 2. The first-order chi connectivity index (χ1) is 65.5. The number of aryl methyl sites for hydroxylation is 2. The van der Waals surface area contributed by atoms with Gasteiger partial charge in [0.05, 0.1) is 76.5 Å². The zero-order valence-corrected chi connectivity index (χ0v) is 82.0. The number of imidazole rings is 1. The number of nitrogens with zero attached hydrogens (tertiary/aromatic N) is 18. The molecule has 5 aromatic heterocycles.